The number of carbonyl (C=O) groups is 1. The highest BCUT2D eigenvalue weighted by molar-refractivity contribution is 5.57. The van der Waals surface area contributed by atoms with Gasteiger partial charge in [-0.1, -0.05) is 81.4 Å². The summed E-state index contributed by atoms with van der Waals surface area (Å²) in [7, 11) is 0. The second-order valence-corrected chi connectivity index (χ2v) is 12.1. The average Bonchev–Trinajstić information content (AvgIpc) is 3.00. The van der Waals surface area contributed by atoms with Crippen LogP contribution in [-0.2, 0) is 17.9 Å². The summed E-state index contributed by atoms with van der Waals surface area (Å²) in [6.07, 6.45) is 5.47. The van der Waals surface area contributed by atoms with Gasteiger partial charge in [0.25, 0.3) is 0 Å². The number of likely N-dealkylation sites (tertiary alicyclic amines) is 1. The van der Waals surface area contributed by atoms with Gasteiger partial charge in [0, 0.05) is 44.5 Å². The Bertz CT molecular complexity index is 1130. The van der Waals surface area contributed by atoms with Crippen molar-refractivity contribution in [3.8, 4) is 5.75 Å². The van der Waals surface area contributed by atoms with Crippen LogP contribution in [0.1, 0.15) is 57.6 Å². The minimum atomic E-state index is -0.103. The van der Waals surface area contributed by atoms with Crippen LogP contribution in [0.25, 0.3) is 0 Å². The van der Waals surface area contributed by atoms with E-state index in [0.29, 0.717) is 24.5 Å². The first-order valence-corrected chi connectivity index (χ1v) is 15.5. The minimum absolute atomic E-state index is 0.103. The maximum atomic E-state index is 11.7. The monoisotopic (exact) mass is 555 g/mol. The van der Waals surface area contributed by atoms with Crippen molar-refractivity contribution in [2.75, 3.05) is 31.1 Å². The molecule has 0 aromatic heterocycles. The predicted molar refractivity (Wildman–Crippen MR) is 170 cm³/mol. The standard InChI is InChI=1S/C36H49N3O2/c1-29(2)18-23-39(34-14-16-36(17-15-34)41-28-32-12-8-5-9-13-32)35-19-21-38(22-20-35)26-30(3)24-33(27-40)37-25-31-10-6-4-7-11-31/h4-17,27,29-30,33,35,37H,18-26,28H2,1-3H3. The average molecular weight is 556 g/mol. The van der Waals surface area contributed by atoms with E-state index in [1.165, 1.54) is 36.1 Å². The summed E-state index contributed by atoms with van der Waals surface area (Å²) in [5, 5.41) is 3.44. The fraction of sp³-hybridized carbons (Fsp3) is 0.472. The highest BCUT2D eigenvalue weighted by atomic mass is 16.5. The molecule has 220 valence electrons. The second-order valence-electron chi connectivity index (χ2n) is 12.1. The Morgan fingerprint density at radius 2 is 1.54 bits per heavy atom. The van der Waals surface area contributed by atoms with E-state index in [9.17, 15) is 4.79 Å². The van der Waals surface area contributed by atoms with E-state index in [0.717, 1.165) is 51.2 Å². The molecule has 0 amide bonds. The molecule has 3 aromatic carbocycles. The normalized spacial score (nSPS) is 15.9. The molecule has 0 radical (unpaired) electrons. The third kappa shape index (κ3) is 10.3. The zero-order valence-corrected chi connectivity index (χ0v) is 25.3. The van der Waals surface area contributed by atoms with Gasteiger partial charge in [0.15, 0.2) is 0 Å². The third-order valence-corrected chi connectivity index (χ3v) is 8.16. The quantitative estimate of drug-likeness (QED) is 0.194. The van der Waals surface area contributed by atoms with Crippen LogP contribution >= 0.6 is 0 Å². The lowest BCUT2D eigenvalue weighted by molar-refractivity contribution is -0.110. The van der Waals surface area contributed by atoms with E-state index >= 15 is 0 Å². The number of carbonyl (C=O) groups excluding carboxylic acids is 1. The summed E-state index contributed by atoms with van der Waals surface area (Å²) < 4.78 is 6.04. The van der Waals surface area contributed by atoms with Gasteiger partial charge < -0.3 is 24.6 Å². The number of ether oxygens (including phenoxy) is 1. The summed E-state index contributed by atoms with van der Waals surface area (Å²) in [6, 6.07) is 29.8. The van der Waals surface area contributed by atoms with Crippen LogP contribution in [-0.4, -0.2) is 49.4 Å². The molecule has 2 unspecified atom stereocenters. The molecule has 0 bridgehead atoms. The van der Waals surface area contributed by atoms with Crippen molar-refractivity contribution in [1.82, 2.24) is 10.2 Å². The molecular weight excluding hydrogens is 506 g/mol. The third-order valence-electron chi connectivity index (χ3n) is 8.16. The lowest BCUT2D eigenvalue weighted by Gasteiger charge is -2.41. The first-order chi connectivity index (χ1) is 20.0. The van der Waals surface area contributed by atoms with Crippen LogP contribution in [0.15, 0.2) is 84.9 Å². The van der Waals surface area contributed by atoms with E-state index in [4.69, 9.17) is 4.74 Å². The number of benzene rings is 3. The zero-order valence-electron chi connectivity index (χ0n) is 25.3. The topological polar surface area (TPSA) is 44.8 Å². The van der Waals surface area contributed by atoms with Crippen LogP contribution in [0.2, 0.25) is 0 Å². The fourth-order valence-electron chi connectivity index (χ4n) is 5.79. The molecule has 2 atom stereocenters. The molecule has 1 aliphatic rings. The zero-order chi connectivity index (χ0) is 28.9. The predicted octanol–water partition coefficient (Wildman–Crippen LogP) is 6.97. The molecule has 4 rings (SSSR count). The van der Waals surface area contributed by atoms with E-state index < -0.39 is 0 Å². The molecule has 3 aromatic rings. The Morgan fingerprint density at radius 1 is 0.902 bits per heavy atom. The molecular formula is C36H49N3O2. The van der Waals surface area contributed by atoms with Crippen molar-refractivity contribution in [3.63, 3.8) is 0 Å². The number of rotatable bonds is 16. The summed E-state index contributed by atoms with van der Waals surface area (Å²) in [5.74, 6) is 2.05. The Morgan fingerprint density at radius 3 is 2.15 bits per heavy atom. The molecule has 0 aliphatic carbocycles. The van der Waals surface area contributed by atoms with Gasteiger partial charge in [-0.15, -0.1) is 0 Å². The second kappa shape index (κ2) is 16.3. The number of nitrogens with one attached hydrogen (secondary N) is 1. The van der Waals surface area contributed by atoms with Crippen LogP contribution < -0.4 is 15.0 Å². The number of aldehydes is 1. The Hall–Kier alpha value is -3.15. The van der Waals surface area contributed by atoms with E-state index in [1.807, 2.05) is 36.4 Å². The first kappa shape index (κ1) is 30.8. The smallest absolute Gasteiger partial charge is 0.136 e. The molecule has 5 nitrogen and oxygen atoms in total. The van der Waals surface area contributed by atoms with Crippen LogP contribution in [0, 0.1) is 11.8 Å². The number of hydrogen-bond acceptors (Lipinski definition) is 5. The van der Waals surface area contributed by atoms with Crippen LogP contribution in [0.3, 0.4) is 0 Å². The molecule has 5 heteroatoms. The first-order valence-electron chi connectivity index (χ1n) is 15.5. The van der Waals surface area contributed by atoms with Crippen molar-refractivity contribution in [2.24, 2.45) is 11.8 Å². The largest absolute Gasteiger partial charge is 0.489 e. The summed E-state index contributed by atoms with van der Waals surface area (Å²) in [6.45, 7) is 12.6. The summed E-state index contributed by atoms with van der Waals surface area (Å²) in [4.78, 5) is 17.0. The molecule has 0 spiro atoms. The van der Waals surface area contributed by atoms with Crippen LogP contribution in [0.4, 0.5) is 5.69 Å². The number of nitrogens with zero attached hydrogens (tertiary/aromatic N) is 2. The van der Waals surface area contributed by atoms with Crippen molar-refractivity contribution in [2.45, 2.75) is 71.7 Å². The van der Waals surface area contributed by atoms with E-state index in [2.05, 4.69) is 84.4 Å². The molecule has 41 heavy (non-hydrogen) atoms. The lowest BCUT2D eigenvalue weighted by atomic mass is 9.97. The van der Waals surface area contributed by atoms with E-state index in [1.54, 1.807) is 0 Å². The van der Waals surface area contributed by atoms with Gasteiger partial charge in [-0.25, -0.2) is 0 Å². The van der Waals surface area contributed by atoms with Crippen molar-refractivity contribution < 1.29 is 9.53 Å². The van der Waals surface area contributed by atoms with Gasteiger partial charge in [-0.05, 0) is 72.9 Å². The fourth-order valence-corrected chi connectivity index (χ4v) is 5.79. The Labute approximate surface area is 247 Å². The summed E-state index contributed by atoms with van der Waals surface area (Å²) in [5.41, 5.74) is 3.69. The summed E-state index contributed by atoms with van der Waals surface area (Å²) >= 11 is 0. The Kier molecular flexibility index (Phi) is 12.3. The molecule has 1 N–H and O–H groups in total. The number of hydrogen-bond donors (Lipinski definition) is 1. The molecule has 1 heterocycles. The molecule has 0 saturated carbocycles. The van der Waals surface area contributed by atoms with Gasteiger partial charge in [0.1, 0.15) is 18.6 Å². The highest BCUT2D eigenvalue weighted by Crippen LogP contribution is 2.27. The van der Waals surface area contributed by atoms with Crippen molar-refractivity contribution in [3.05, 3.63) is 96.1 Å². The highest BCUT2D eigenvalue weighted by Gasteiger charge is 2.26. The van der Waals surface area contributed by atoms with E-state index in [-0.39, 0.29) is 6.04 Å². The maximum Gasteiger partial charge on any atom is 0.136 e. The van der Waals surface area contributed by atoms with Gasteiger partial charge in [0.2, 0.25) is 0 Å². The van der Waals surface area contributed by atoms with Gasteiger partial charge in [0.05, 0.1) is 6.04 Å². The molecule has 1 saturated heterocycles. The maximum absolute atomic E-state index is 11.7. The SMILES string of the molecule is CC(C)CCN(c1ccc(OCc2ccccc2)cc1)C1CCN(CC(C)CC(C=O)NCc2ccccc2)CC1. The minimum Gasteiger partial charge on any atom is -0.489 e. The van der Waals surface area contributed by atoms with Gasteiger partial charge in [-0.2, -0.15) is 0 Å². The molecule has 1 aliphatic heterocycles. The van der Waals surface area contributed by atoms with Crippen molar-refractivity contribution in [1.29, 1.82) is 0 Å². The molecule has 1 fully saturated rings. The number of anilines is 1. The van der Waals surface area contributed by atoms with Gasteiger partial charge in [-0.3, -0.25) is 0 Å². The van der Waals surface area contributed by atoms with Crippen molar-refractivity contribution >= 4 is 12.0 Å². The number of piperidine rings is 1. The lowest BCUT2D eigenvalue weighted by Crippen LogP contribution is -2.47. The Balaban J connectivity index is 1.26. The van der Waals surface area contributed by atoms with Crippen LogP contribution in [0.5, 0.6) is 5.75 Å². The van der Waals surface area contributed by atoms with Gasteiger partial charge >= 0.3 is 0 Å².